The molecule has 0 atom stereocenters. The second-order valence-electron chi connectivity index (χ2n) is 5.16. The summed E-state index contributed by atoms with van der Waals surface area (Å²) >= 11 is 6.19. The standard InChI is InChI=1S/C17H16ClN3O/c1-11-7-8-15(14(18)9-11)19-10-16-20-17(21-22-16)13-6-4-3-5-12(13)2/h3-9,19H,10H2,1-2H3. The van der Waals surface area contributed by atoms with E-state index in [-0.39, 0.29) is 0 Å². The van der Waals surface area contributed by atoms with Gasteiger partial charge in [-0.2, -0.15) is 4.98 Å². The molecule has 0 fully saturated rings. The van der Waals surface area contributed by atoms with Crippen LogP contribution < -0.4 is 5.32 Å². The van der Waals surface area contributed by atoms with Gasteiger partial charge in [0.1, 0.15) is 0 Å². The molecule has 0 aliphatic rings. The first kappa shape index (κ1) is 14.6. The number of anilines is 1. The minimum absolute atomic E-state index is 0.432. The second-order valence-corrected chi connectivity index (χ2v) is 5.57. The summed E-state index contributed by atoms with van der Waals surface area (Å²) in [5.74, 6) is 1.12. The van der Waals surface area contributed by atoms with Crippen LogP contribution in [-0.2, 0) is 6.54 Å². The van der Waals surface area contributed by atoms with Gasteiger partial charge in [-0.15, -0.1) is 0 Å². The maximum Gasteiger partial charge on any atom is 0.246 e. The van der Waals surface area contributed by atoms with E-state index in [1.54, 1.807) is 0 Å². The molecule has 22 heavy (non-hydrogen) atoms. The fraction of sp³-hybridized carbons (Fsp3) is 0.176. The lowest BCUT2D eigenvalue weighted by atomic mass is 10.1. The quantitative estimate of drug-likeness (QED) is 0.763. The smallest absolute Gasteiger partial charge is 0.246 e. The predicted molar refractivity (Wildman–Crippen MR) is 88.0 cm³/mol. The normalized spacial score (nSPS) is 10.7. The topological polar surface area (TPSA) is 51.0 Å². The number of benzene rings is 2. The van der Waals surface area contributed by atoms with E-state index in [4.69, 9.17) is 16.1 Å². The predicted octanol–water partition coefficient (Wildman–Crippen LogP) is 4.62. The minimum atomic E-state index is 0.432. The zero-order chi connectivity index (χ0) is 15.5. The Hall–Kier alpha value is -2.33. The third kappa shape index (κ3) is 3.12. The first-order valence-corrected chi connectivity index (χ1v) is 7.40. The van der Waals surface area contributed by atoms with Crippen molar-refractivity contribution in [3.8, 4) is 11.4 Å². The molecule has 112 valence electrons. The van der Waals surface area contributed by atoms with Crippen LogP contribution in [0.1, 0.15) is 17.0 Å². The molecule has 0 bridgehead atoms. The van der Waals surface area contributed by atoms with Crippen LogP contribution in [0.2, 0.25) is 5.02 Å². The first-order chi connectivity index (χ1) is 10.6. The van der Waals surface area contributed by atoms with Crippen LogP contribution in [0.15, 0.2) is 47.0 Å². The highest BCUT2D eigenvalue weighted by Gasteiger charge is 2.10. The molecule has 1 aromatic heterocycles. The van der Waals surface area contributed by atoms with Gasteiger partial charge in [0.25, 0.3) is 0 Å². The molecule has 0 amide bonds. The van der Waals surface area contributed by atoms with Crippen molar-refractivity contribution in [1.29, 1.82) is 0 Å². The zero-order valence-electron chi connectivity index (χ0n) is 12.4. The molecule has 0 spiro atoms. The van der Waals surface area contributed by atoms with Gasteiger partial charge >= 0.3 is 0 Å². The Morgan fingerprint density at radius 2 is 1.95 bits per heavy atom. The largest absolute Gasteiger partial charge is 0.375 e. The Bertz CT molecular complexity index is 798. The molecule has 3 rings (SSSR count). The highest BCUT2D eigenvalue weighted by Crippen LogP contribution is 2.24. The Morgan fingerprint density at radius 3 is 2.73 bits per heavy atom. The van der Waals surface area contributed by atoms with Gasteiger partial charge in [0.2, 0.25) is 11.7 Å². The average Bonchev–Trinajstić information content (AvgIpc) is 2.95. The van der Waals surface area contributed by atoms with Gasteiger partial charge in [-0.3, -0.25) is 0 Å². The third-order valence-corrected chi connectivity index (χ3v) is 3.72. The van der Waals surface area contributed by atoms with Crippen molar-refractivity contribution in [3.05, 3.63) is 64.5 Å². The number of aryl methyl sites for hydroxylation is 2. The fourth-order valence-corrected chi connectivity index (χ4v) is 2.50. The number of rotatable bonds is 4. The van der Waals surface area contributed by atoms with E-state index < -0.39 is 0 Å². The van der Waals surface area contributed by atoms with E-state index in [9.17, 15) is 0 Å². The Balaban J connectivity index is 1.74. The number of hydrogen-bond donors (Lipinski definition) is 1. The number of hydrogen-bond acceptors (Lipinski definition) is 4. The van der Waals surface area contributed by atoms with Crippen molar-refractivity contribution in [1.82, 2.24) is 10.1 Å². The number of halogens is 1. The fourth-order valence-electron chi connectivity index (χ4n) is 2.19. The van der Waals surface area contributed by atoms with E-state index in [2.05, 4.69) is 15.5 Å². The Kier molecular flexibility index (Phi) is 4.11. The van der Waals surface area contributed by atoms with Crippen molar-refractivity contribution < 1.29 is 4.52 Å². The van der Waals surface area contributed by atoms with E-state index >= 15 is 0 Å². The van der Waals surface area contributed by atoms with Crippen molar-refractivity contribution in [2.45, 2.75) is 20.4 Å². The zero-order valence-corrected chi connectivity index (χ0v) is 13.2. The van der Waals surface area contributed by atoms with E-state index in [1.807, 2.05) is 56.3 Å². The maximum atomic E-state index is 6.19. The molecular formula is C17H16ClN3O. The lowest BCUT2D eigenvalue weighted by Crippen LogP contribution is -2.00. The Labute approximate surface area is 134 Å². The molecule has 0 saturated heterocycles. The average molecular weight is 314 g/mol. The summed E-state index contributed by atoms with van der Waals surface area (Å²) < 4.78 is 5.29. The molecule has 0 aliphatic carbocycles. The summed E-state index contributed by atoms with van der Waals surface area (Å²) in [6.07, 6.45) is 0. The van der Waals surface area contributed by atoms with E-state index in [0.717, 1.165) is 22.4 Å². The van der Waals surface area contributed by atoms with Gasteiger partial charge in [-0.25, -0.2) is 0 Å². The summed E-state index contributed by atoms with van der Waals surface area (Å²) in [6, 6.07) is 13.8. The van der Waals surface area contributed by atoms with Crippen LogP contribution >= 0.6 is 11.6 Å². The summed E-state index contributed by atoms with van der Waals surface area (Å²) in [4.78, 5) is 4.42. The maximum absolute atomic E-state index is 6.19. The molecule has 1 heterocycles. The van der Waals surface area contributed by atoms with Crippen molar-refractivity contribution >= 4 is 17.3 Å². The van der Waals surface area contributed by atoms with E-state index in [0.29, 0.717) is 23.3 Å². The molecular weight excluding hydrogens is 298 g/mol. The number of nitrogens with zero attached hydrogens (tertiary/aromatic N) is 2. The molecule has 1 N–H and O–H groups in total. The third-order valence-electron chi connectivity index (χ3n) is 3.41. The minimum Gasteiger partial charge on any atom is -0.375 e. The van der Waals surface area contributed by atoms with Crippen LogP contribution in [0.25, 0.3) is 11.4 Å². The summed E-state index contributed by atoms with van der Waals surface area (Å²) in [7, 11) is 0. The van der Waals surface area contributed by atoms with Gasteiger partial charge in [0.15, 0.2) is 0 Å². The highest BCUT2D eigenvalue weighted by atomic mass is 35.5. The van der Waals surface area contributed by atoms with Crippen LogP contribution in [0.5, 0.6) is 0 Å². The second kappa shape index (κ2) is 6.20. The molecule has 0 saturated carbocycles. The van der Waals surface area contributed by atoms with Gasteiger partial charge in [-0.1, -0.05) is 47.1 Å². The molecule has 3 aromatic rings. The molecule has 4 nitrogen and oxygen atoms in total. The highest BCUT2D eigenvalue weighted by molar-refractivity contribution is 6.33. The van der Waals surface area contributed by atoms with Crippen molar-refractivity contribution in [3.63, 3.8) is 0 Å². The van der Waals surface area contributed by atoms with Crippen LogP contribution in [-0.4, -0.2) is 10.1 Å². The van der Waals surface area contributed by atoms with Gasteiger partial charge < -0.3 is 9.84 Å². The van der Waals surface area contributed by atoms with Gasteiger partial charge in [0.05, 0.1) is 17.3 Å². The van der Waals surface area contributed by atoms with Crippen molar-refractivity contribution in [2.75, 3.05) is 5.32 Å². The number of aromatic nitrogens is 2. The molecule has 0 radical (unpaired) electrons. The lowest BCUT2D eigenvalue weighted by molar-refractivity contribution is 0.384. The van der Waals surface area contributed by atoms with Crippen molar-refractivity contribution in [2.24, 2.45) is 0 Å². The van der Waals surface area contributed by atoms with Gasteiger partial charge in [0, 0.05) is 5.56 Å². The molecule has 0 aliphatic heterocycles. The molecule has 2 aromatic carbocycles. The summed E-state index contributed by atoms with van der Waals surface area (Å²) in [6.45, 7) is 4.46. The molecule has 5 heteroatoms. The lowest BCUT2D eigenvalue weighted by Gasteiger charge is -2.06. The summed E-state index contributed by atoms with van der Waals surface area (Å²) in [5.41, 5.74) is 4.06. The monoisotopic (exact) mass is 313 g/mol. The SMILES string of the molecule is Cc1ccc(NCc2nc(-c3ccccc3C)no2)c(Cl)c1. The number of nitrogens with one attached hydrogen (secondary N) is 1. The Morgan fingerprint density at radius 1 is 1.14 bits per heavy atom. The van der Waals surface area contributed by atoms with Crippen LogP contribution in [0, 0.1) is 13.8 Å². The van der Waals surface area contributed by atoms with Gasteiger partial charge in [-0.05, 0) is 37.1 Å². The molecule has 0 unspecified atom stereocenters. The first-order valence-electron chi connectivity index (χ1n) is 7.02. The van der Waals surface area contributed by atoms with Crippen LogP contribution in [0.4, 0.5) is 5.69 Å². The van der Waals surface area contributed by atoms with Crippen LogP contribution in [0.3, 0.4) is 0 Å². The van der Waals surface area contributed by atoms with E-state index in [1.165, 1.54) is 0 Å². The summed E-state index contributed by atoms with van der Waals surface area (Å²) in [5, 5.41) is 7.92.